The Kier molecular flexibility index (Phi) is 13.5. The predicted octanol–water partition coefficient (Wildman–Crippen LogP) is 4.00. The Labute approximate surface area is 271 Å². The minimum absolute atomic E-state index is 0.0688. The minimum atomic E-state index is -4.68. The maximum absolute atomic E-state index is 13.6. The van der Waals surface area contributed by atoms with Crippen molar-refractivity contribution < 1.29 is 46.6 Å². The molecule has 254 valence electrons. The largest absolute Gasteiger partial charge is 0.471 e. The van der Waals surface area contributed by atoms with Gasteiger partial charge in [-0.1, -0.05) is 24.8 Å². The van der Waals surface area contributed by atoms with Gasteiger partial charge in [-0.25, -0.2) is 9.59 Å². The van der Waals surface area contributed by atoms with E-state index < -0.39 is 41.8 Å². The molecule has 2 aliphatic heterocycles. The standard InChI is InChI=1S/C30H35F3N6O4.C2H4O2/c1-5-20(18-34)9-10-21(11-14-39(3)15-12-24(40)13-16-39)26-25(27(41)43-4)19(2)37(28(35)38(26)29(36)42)23-8-6-7-22(17-23)30(31,32)33;1-4-2-3/h5-10,17,24,26,35,40H,1,11-16H2,2-4H3,(H-,36,42);2H,1H3/p+1/b20-9+,21-10+,35-28?;/t24?,26-,39?;/m1./s1. The summed E-state index contributed by atoms with van der Waals surface area (Å²) in [7, 11) is 4.46. The van der Waals surface area contributed by atoms with Gasteiger partial charge in [0.1, 0.15) is 0 Å². The lowest BCUT2D eigenvalue weighted by molar-refractivity contribution is -0.914. The van der Waals surface area contributed by atoms with Gasteiger partial charge in [0.25, 0.3) is 6.47 Å². The van der Waals surface area contributed by atoms with Crippen LogP contribution >= 0.6 is 0 Å². The van der Waals surface area contributed by atoms with E-state index in [-0.39, 0.29) is 29.0 Å². The van der Waals surface area contributed by atoms with E-state index in [9.17, 15) is 33.1 Å². The Morgan fingerprint density at radius 2 is 1.87 bits per heavy atom. The molecule has 0 radical (unpaired) electrons. The topological polar surface area (TPSA) is 170 Å². The van der Waals surface area contributed by atoms with E-state index in [1.807, 2.05) is 13.1 Å². The number of nitriles is 1. The Balaban J connectivity index is 0.00000181. The number of quaternary nitrogens is 1. The molecule has 0 aromatic heterocycles. The van der Waals surface area contributed by atoms with Crippen LogP contribution in [0.25, 0.3) is 0 Å². The second-order valence-corrected chi connectivity index (χ2v) is 11.1. The van der Waals surface area contributed by atoms with Crippen molar-refractivity contribution in [2.45, 2.75) is 44.5 Å². The van der Waals surface area contributed by atoms with E-state index in [0.717, 1.165) is 35.1 Å². The lowest BCUT2D eigenvalue weighted by Gasteiger charge is -2.44. The molecule has 0 spiro atoms. The number of methoxy groups -OCH3 is 2. The van der Waals surface area contributed by atoms with Gasteiger partial charge in [-0.3, -0.25) is 20.0 Å². The molecule has 12 nitrogen and oxygen atoms in total. The van der Waals surface area contributed by atoms with E-state index in [1.165, 1.54) is 32.3 Å². The second-order valence-electron chi connectivity index (χ2n) is 11.1. The van der Waals surface area contributed by atoms with Crippen LogP contribution in [0.15, 0.2) is 71.5 Å². The highest BCUT2D eigenvalue weighted by Gasteiger charge is 2.45. The maximum atomic E-state index is 13.6. The Morgan fingerprint density at radius 1 is 1.26 bits per heavy atom. The molecule has 15 heteroatoms. The summed E-state index contributed by atoms with van der Waals surface area (Å²) < 4.78 is 50.2. The number of guanidine groups is 1. The van der Waals surface area contributed by atoms with Crippen molar-refractivity contribution in [3.63, 3.8) is 0 Å². The third kappa shape index (κ3) is 9.53. The molecule has 4 N–H and O–H groups in total. The number of piperidine rings is 1. The molecule has 2 heterocycles. The van der Waals surface area contributed by atoms with Crippen molar-refractivity contribution in [2.75, 3.05) is 45.8 Å². The number of primary amides is 1. The first kappa shape index (κ1) is 38.2. The highest BCUT2D eigenvalue weighted by molar-refractivity contribution is 6.10. The molecule has 3 rings (SSSR count). The summed E-state index contributed by atoms with van der Waals surface area (Å²) in [5.41, 5.74) is 5.28. The van der Waals surface area contributed by atoms with Crippen molar-refractivity contribution >= 4 is 30.1 Å². The molecule has 47 heavy (non-hydrogen) atoms. The molecule has 1 fully saturated rings. The number of benzene rings is 1. The summed E-state index contributed by atoms with van der Waals surface area (Å²) in [6.45, 7) is 7.32. The van der Waals surface area contributed by atoms with Gasteiger partial charge < -0.3 is 24.8 Å². The van der Waals surface area contributed by atoms with Crippen LogP contribution in [0.4, 0.5) is 23.7 Å². The average molecular weight is 662 g/mol. The number of urea groups is 1. The summed E-state index contributed by atoms with van der Waals surface area (Å²) in [6.07, 6.45) is 0.770. The highest BCUT2D eigenvalue weighted by atomic mass is 19.4. The molecule has 1 aromatic carbocycles. The number of aliphatic hydroxyl groups is 1. The lowest BCUT2D eigenvalue weighted by Crippen LogP contribution is -2.60. The summed E-state index contributed by atoms with van der Waals surface area (Å²) in [5.74, 6) is -1.44. The first-order valence-corrected chi connectivity index (χ1v) is 14.4. The van der Waals surface area contributed by atoms with E-state index in [1.54, 1.807) is 6.08 Å². The van der Waals surface area contributed by atoms with Crippen molar-refractivity contribution in [3.8, 4) is 6.07 Å². The molecular weight excluding hydrogens is 621 g/mol. The normalized spacial score (nSPS) is 22.1. The first-order valence-electron chi connectivity index (χ1n) is 14.4. The number of nitrogens with one attached hydrogen (secondary N) is 1. The number of halogens is 3. The minimum Gasteiger partial charge on any atom is -0.471 e. The Hall–Kier alpha value is -4.94. The maximum Gasteiger partial charge on any atom is 0.416 e. The van der Waals surface area contributed by atoms with Crippen LogP contribution in [-0.4, -0.2) is 92.0 Å². The van der Waals surface area contributed by atoms with Crippen LogP contribution in [0.1, 0.15) is 31.7 Å². The highest BCUT2D eigenvalue weighted by Crippen LogP contribution is 2.38. The Bertz CT molecular complexity index is 1490. The van der Waals surface area contributed by atoms with E-state index in [0.29, 0.717) is 49.0 Å². The zero-order valence-corrected chi connectivity index (χ0v) is 26.7. The third-order valence-electron chi connectivity index (χ3n) is 7.99. The fourth-order valence-electron chi connectivity index (χ4n) is 5.38. The molecule has 1 atom stereocenters. The molecule has 0 aliphatic carbocycles. The van der Waals surface area contributed by atoms with E-state index in [2.05, 4.69) is 11.3 Å². The molecule has 0 unspecified atom stereocenters. The van der Waals surface area contributed by atoms with Gasteiger partial charge in [-0.15, -0.1) is 0 Å². The van der Waals surface area contributed by atoms with Crippen LogP contribution in [-0.2, 0) is 25.2 Å². The SMILES string of the molecule is C=C/C(C#N)=C\C=C(/CC[N+]1(C)CCC(O)CC1)[C@@H]1C(C(=O)OC)=C(C)N(c2cccc(C(F)(F)F)c2)C(=N)N1C(N)=O.COC=O. The number of aliphatic hydroxyl groups excluding tert-OH is 1. The van der Waals surface area contributed by atoms with E-state index in [4.69, 9.17) is 20.7 Å². The first-order chi connectivity index (χ1) is 22.1. The number of rotatable bonds is 9. The fraction of sp³-hybridized carbons (Fsp3) is 0.406. The lowest BCUT2D eigenvalue weighted by atomic mass is 9.89. The van der Waals surface area contributed by atoms with Crippen LogP contribution in [0, 0.1) is 16.7 Å². The van der Waals surface area contributed by atoms with Gasteiger partial charge in [-0.2, -0.15) is 18.4 Å². The molecule has 0 bridgehead atoms. The van der Waals surface area contributed by atoms with Crippen LogP contribution < -0.4 is 10.6 Å². The average Bonchev–Trinajstić information content (AvgIpc) is 3.03. The van der Waals surface area contributed by atoms with E-state index >= 15 is 0 Å². The molecule has 2 aliphatic rings. The predicted molar refractivity (Wildman–Crippen MR) is 167 cm³/mol. The number of likely N-dealkylation sites (tertiary alicyclic amines) is 1. The summed E-state index contributed by atoms with van der Waals surface area (Å²) in [5, 5.41) is 28.4. The number of carbonyl (C=O) groups is 3. The molecular formula is C32H40F3N6O6+. The summed E-state index contributed by atoms with van der Waals surface area (Å²) >= 11 is 0. The monoisotopic (exact) mass is 661 g/mol. The summed E-state index contributed by atoms with van der Waals surface area (Å²) in [6, 6.07) is 3.76. The molecule has 1 saturated heterocycles. The van der Waals surface area contributed by atoms with Crippen molar-refractivity contribution in [3.05, 3.63) is 77.1 Å². The van der Waals surface area contributed by atoms with Gasteiger partial charge in [0.15, 0.2) is 0 Å². The number of amides is 2. The molecule has 1 aromatic rings. The number of nitrogens with zero attached hydrogens (tertiary/aromatic N) is 4. The van der Waals surface area contributed by atoms with Gasteiger partial charge in [0, 0.05) is 30.6 Å². The van der Waals surface area contributed by atoms with Crippen LogP contribution in [0.5, 0.6) is 0 Å². The number of nitrogens with two attached hydrogens (primary N) is 1. The van der Waals surface area contributed by atoms with Crippen LogP contribution in [0.2, 0.25) is 0 Å². The van der Waals surface area contributed by atoms with Crippen molar-refractivity contribution in [2.24, 2.45) is 5.73 Å². The zero-order valence-electron chi connectivity index (χ0n) is 26.7. The Morgan fingerprint density at radius 3 is 2.36 bits per heavy atom. The van der Waals surface area contributed by atoms with Gasteiger partial charge in [-0.05, 0) is 36.8 Å². The number of anilines is 1. The molecule has 0 saturated carbocycles. The number of allylic oxidation sites excluding steroid dienone is 5. The fourth-order valence-corrected chi connectivity index (χ4v) is 5.38. The second kappa shape index (κ2) is 16.6. The van der Waals surface area contributed by atoms with Gasteiger partial charge >= 0.3 is 18.2 Å². The van der Waals surface area contributed by atoms with Crippen molar-refractivity contribution in [1.82, 2.24) is 4.90 Å². The van der Waals surface area contributed by atoms with Crippen LogP contribution in [0.3, 0.4) is 0 Å². The molecule has 2 amide bonds. The third-order valence-corrected chi connectivity index (χ3v) is 7.99. The number of ether oxygens (including phenoxy) is 2. The number of hydrogen-bond acceptors (Lipinski definition) is 8. The smallest absolute Gasteiger partial charge is 0.416 e. The number of alkyl halides is 3. The van der Waals surface area contributed by atoms with Gasteiger partial charge in [0.2, 0.25) is 5.96 Å². The quantitative estimate of drug-likeness (QED) is 0.117. The number of carbonyl (C=O) groups excluding carboxylic acids is 3. The number of esters is 1. The summed E-state index contributed by atoms with van der Waals surface area (Å²) in [4.78, 5) is 37.2. The van der Waals surface area contributed by atoms with Crippen molar-refractivity contribution in [1.29, 1.82) is 10.7 Å². The number of hydrogen-bond donors (Lipinski definition) is 3. The zero-order chi connectivity index (χ0) is 35.5. The van der Waals surface area contributed by atoms with Gasteiger partial charge in [0.05, 0.1) is 75.8 Å².